The number of methoxy groups -OCH3 is 3. The Bertz CT molecular complexity index is 2240. The molecule has 12 heteroatoms. The summed E-state index contributed by atoms with van der Waals surface area (Å²) in [4.78, 5) is 33.6. The smallest absolute Gasteiger partial charge is 0.271 e. The van der Waals surface area contributed by atoms with Gasteiger partial charge in [-0.15, -0.1) is 0 Å². The van der Waals surface area contributed by atoms with Crippen molar-refractivity contribution >= 4 is 52.2 Å². The number of nitrogens with one attached hydrogen (secondary N) is 1. The standard InChI is InChI=1S/C37H31Cl2N3O6S/c1-21-32(35(43)41-27-11-6-5-7-12-27)33(24-17-29(45-2)34(47-4)30(18-24)46-3)42-36(44)31(49-37(42)40-21)19-23-16-26(39)13-14-28(23)48-20-22-9-8-10-25(38)15-22/h5-19,33H,20H2,1-4H3,(H,41,43)/b31-19-/t33-/m1/s1. The molecule has 9 nitrogen and oxygen atoms in total. The summed E-state index contributed by atoms with van der Waals surface area (Å²) in [6, 6.07) is 24.2. The Morgan fingerprint density at radius 2 is 1.61 bits per heavy atom. The predicted molar refractivity (Wildman–Crippen MR) is 192 cm³/mol. The molecule has 0 spiro atoms. The molecule has 1 N–H and O–H groups in total. The number of allylic oxidation sites excluding steroid dienone is 1. The Labute approximate surface area is 296 Å². The second-order valence-corrected chi connectivity index (χ2v) is 12.8. The van der Waals surface area contributed by atoms with Gasteiger partial charge in [0.1, 0.15) is 12.4 Å². The second kappa shape index (κ2) is 14.6. The minimum Gasteiger partial charge on any atom is -0.493 e. The van der Waals surface area contributed by atoms with E-state index in [4.69, 9.17) is 47.1 Å². The van der Waals surface area contributed by atoms with Gasteiger partial charge in [-0.05, 0) is 78.7 Å². The molecular weight excluding hydrogens is 685 g/mol. The largest absolute Gasteiger partial charge is 0.493 e. The molecule has 250 valence electrons. The summed E-state index contributed by atoms with van der Waals surface area (Å²) in [6.07, 6.45) is 1.72. The Morgan fingerprint density at radius 1 is 0.898 bits per heavy atom. The van der Waals surface area contributed by atoms with E-state index in [9.17, 15) is 9.59 Å². The number of rotatable bonds is 10. The van der Waals surface area contributed by atoms with Gasteiger partial charge in [-0.3, -0.25) is 14.2 Å². The molecule has 2 heterocycles. The number of para-hydroxylation sites is 1. The lowest BCUT2D eigenvalue weighted by atomic mass is 9.94. The molecule has 1 amide bonds. The fraction of sp³-hybridized carbons (Fsp3) is 0.162. The lowest BCUT2D eigenvalue weighted by molar-refractivity contribution is -0.113. The van der Waals surface area contributed by atoms with E-state index in [1.165, 1.54) is 37.2 Å². The molecule has 0 fully saturated rings. The van der Waals surface area contributed by atoms with Crippen molar-refractivity contribution in [2.24, 2.45) is 4.99 Å². The molecule has 0 saturated carbocycles. The molecule has 0 unspecified atom stereocenters. The number of carbonyl (C=O) groups excluding carboxylic acids is 1. The van der Waals surface area contributed by atoms with E-state index in [-0.39, 0.29) is 17.7 Å². The van der Waals surface area contributed by atoms with Gasteiger partial charge in [0.15, 0.2) is 16.3 Å². The molecule has 6 rings (SSSR count). The van der Waals surface area contributed by atoms with Crippen LogP contribution in [0.2, 0.25) is 10.0 Å². The molecule has 4 aromatic carbocycles. The molecule has 0 radical (unpaired) electrons. The highest BCUT2D eigenvalue weighted by molar-refractivity contribution is 7.07. The highest BCUT2D eigenvalue weighted by atomic mass is 35.5. The van der Waals surface area contributed by atoms with Gasteiger partial charge in [-0.1, -0.05) is 64.9 Å². The maximum Gasteiger partial charge on any atom is 0.271 e. The first-order valence-electron chi connectivity index (χ1n) is 15.1. The average Bonchev–Trinajstić information content (AvgIpc) is 3.40. The van der Waals surface area contributed by atoms with E-state index in [1.807, 2.05) is 36.4 Å². The van der Waals surface area contributed by atoms with Crippen molar-refractivity contribution < 1.29 is 23.7 Å². The fourth-order valence-corrected chi connectivity index (χ4v) is 7.03. The zero-order chi connectivity index (χ0) is 34.7. The van der Waals surface area contributed by atoms with Crippen molar-refractivity contribution in [3.05, 3.63) is 143 Å². The summed E-state index contributed by atoms with van der Waals surface area (Å²) in [7, 11) is 4.52. The van der Waals surface area contributed by atoms with E-state index in [1.54, 1.807) is 61.5 Å². The number of hydrogen-bond donors (Lipinski definition) is 1. The van der Waals surface area contributed by atoms with Gasteiger partial charge in [0, 0.05) is 21.3 Å². The van der Waals surface area contributed by atoms with Gasteiger partial charge in [0.05, 0.1) is 43.2 Å². The van der Waals surface area contributed by atoms with Crippen LogP contribution in [0.15, 0.2) is 106 Å². The van der Waals surface area contributed by atoms with E-state index in [0.717, 1.165) is 5.56 Å². The van der Waals surface area contributed by atoms with Crippen LogP contribution in [0.1, 0.15) is 29.7 Å². The number of hydrogen-bond acceptors (Lipinski definition) is 8. The van der Waals surface area contributed by atoms with Crippen LogP contribution in [0.4, 0.5) is 5.69 Å². The van der Waals surface area contributed by atoms with Crippen LogP contribution in [0.25, 0.3) is 6.08 Å². The number of carbonyl (C=O) groups is 1. The summed E-state index contributed by atoms with van der Waals surface area (Å²) in [6.45, 7) is 2.01. The van der Waals surface area contributed by atoms with Crippen molar-refractivity contribution in [2.45, 2.75) is 19.6 Å². The van der Waals surface area contributed by atoms with Crippen LogP contribution >= 0.6 is 34.5 Å². The van der Waals surface area contributed by atoms with Crippen molar-refractivity contribution in [2.75, 3.05) is 26.6 Å². The van der Waals surface area contributed by atoms with E-state index in [2.05, 4.69) is 5.32 Å². The maximum absolute atomic E-state index is 14.4. The first kappa shape index (κ1) is 33.9. The minimum absolute atomic E-state index is 0.254. The number of nitrogens with zero attached hydrogens (tertiary/aromatic N) is 2. The lowest BCUT2D eigenvalue weighted by Gasteiger charge is -2.26. The minimum atomic E-state index is -0.895. The monoisotopic (exact) mass is 715 g/mol. The van der Waals surface area contributed by atoms with Crippen LogP contribution in [-0.4, -0.2) is 31.8 Å². The van der Waals surface area contributed by atoms with Crippen molar-refractivity contribution in [1.82, 2.24) is 4.57 Å². The predicted octanol–water partition coefficient (Wildman–Crippen LogP) is 6.79. The first-order valence-corrected chi connectivity index (χ1v) is 16.6. The van der Waals surface area contributed by atoms with E-state index < -0.39 is 11.9 Å². The Morgan fingerprint density at radius 3 is 2.29 bits per heavy atom. The summed E-state index contributed by atoms with van der Waals surface area (Å²) >= 11 is 13.8. The first-order chi connectivity index (χ1) is 23.7. The molecule has 0 saturated heterocycles. The van der Waals surface area contributed by atoms with E-state index in [0.29, 0.717) is 64.9 Å². The number of amides is 1. The van der Waals surface area contributed by atoms with Gasteiger partial charge in [-0.2, -0.15) is 0 Å². The zero-order valence-corrected chi connectivity index (χ0v) is 29.3. The van der Waals surface area contributed by atoms with Gasteiger partial charge in [-0.25, -0.2) is 4.99 Å². The number of aromatic nitrogens is 1. The van der Waals surface area contributed by atoms with Crippen LogP contribution in [0.3, 0.4) is 0 Å². The highest BCUT2D eigenvalue weighted by Gasteiger charge is 2.34. The van der Waals surface area contributed by atoms with Gasteiger partial charge in [0.2, 0.25) is 5.75 Å². The molecule has 1 aromatic heterocycles. The number of ether oxygens (including phenoxy) is 4. The summed E-state index contributed by atoms with van der Waals surface area (Å²) < 4.78 is 24.9. The topological polar surface area (TPSA) is 100 Å². The number of halogens is 2. The van der Waals surface area contributed by atoms with Crippen molar-refractivity contribution in [1.29, 1.82) is 0 Å². The molecule has 0 bridgehead atoms. The highest BCUT2D eigenvalue weighted by Crippen LogP contribution is 2.42. The number of fused-ring (bicyclic) bond motifs is 1. The van der Waals surface area contributed by atoms with Crippen molar-refractivity contribution in [3.63, 3.8) is 0 Å². The quantitative estimate of drug-likeness (QED) is 0.171. The molecule has 1 atom stereocenters. The van der Waals surface area contributed by atoms with Crippen molar-refractivity contribution in [3.8, 4) is 23.0 Å². The summed E-state index contributed by atoms with van der Waals surface area (Å²) in [5.74, 6) is 1.24. The third kappa shape index (κ3) is 7.07. The third-order valence-electron chi connectivity index (χ3n) is 7.84. The Balaban J connectivity index is 1.50. The van der Waals surface area contributed by atoms with Gasteiger partial charge in [0.25, 0.3) is 11.5 Å². The number of thiazole rings is 1. The Kier molecular flexibility index (Phi) is 10.1. The number of anilines is 1. The average molecular weight is 717 g/mol. The normalized spacial score (nSPS) is 14.2. The third-order valence-corrected chi connectivity index (χ3v) is 9.30. The van der Waals surface area contributed by atoms with Crippen LogP contribution in [0.5, 0.6) is 23.0 Å². The zero-order valence-electron chi connectivity index (χ0n) is 27.0. The summed E-state index contributed by atoms with van der Waals surface area (Å²) in [5, 5.41) is 4.04. The van der Waals surface area contributed by atoms with Crippen LogP contribution < -0.4 is 39.2 Å². The molecule has 0 aliphatic carbocycles. The molecular formula is C37H31Cl2N3O6S. The van der Waals surface area contributed by atoms with E-state index >= 15 is 0 Å². The SMILES string of the molecule is COc1cc([C@@H]2C(C(=O)Nc3ccccc3)=C(C)N=c3s/c(=C\c4cc(Cl)ccc4OCc4cccc(Cl)c4)c(=O)n32)cc(OC)c1OC. The molecule has 5 aromatic rings. The summed E-state index contributed by atoms with van der Waals surface area (Å²) in [5.41, 5.74) is 3.01. The molecule has 1 aliphatic heterocycles. The second-order valence-electron chi connectivity index (χ2n) is 11.0. The lowest BCUT2D eigenvalue weighted by Crippen LogP contribution is -2.40. The van der Waals surface area contributed by atoms with Crippen LogP contribution in [0, 0.1) is 0 Å². The Hall–Kier alpha value is -5.03. The van der Waals surface area contributed by atoms with Gasteiger partial charge < -0.3 is 24.3 Å². The molecule has 49 heavy (non-hydrogen) atoms. The van der Waals surface area contributed by atoms with Gasteiger partial charge >= 0.3 is 0 Å². The number of benzene rings is 4. The fourth-order valence-electron chi connectivity index (χ4n) is 5.60. The van der Waals surface area contributed by atoms with Crippen LogP contribution in [-0.2, 0) is 11.4 Å². The maximum atomic E-state index is 14.4. The molecule has 1 aliphatic rings.